The SMILES string of the molecule is COc1cc2nn(C3CCC(CN(C)C4CCN(c5cccc6c5n(C)c(=O)n6C5CCC(=O)NC5=O)CC4)CC3)cc2cc1NC(=O)c1ccnc(C(F)(F)F)c1. The van der Waals surface area contributed by atoms with E-state index in [0.717, 1.165) is 87.0 Å². The molecule has 0 bridgehead atoms. The molecule has 17 heteroatoms. The van der Waals surface area contributed by atoms with Gasteiger partial charge in [-0.1, -0.05) is 6.07 Å². The van der Waals surface area contributed by atoms with E-state index in [-0.39, 0.29) is 29.6 Å². The molecule has 2 aliphatic heterocycles. The number of imidazole rings is 1. The van der Waals surface area contributed by atoms with Crippen LogP contribution >= 0.6 is 0 Å². The van der Waals surface area contributed by atoms with Crippen LogP contribution in [0.25, 0.3) is 21.9 Å². The van der Waals surface area contributed by atoms with E-state index in [4.69, 9.17) is 9.84 Å². The van der Waals surface area contributed by atoms with E-state index in [0.29, 0.717) is 40.9 Å². The van der Waals surface area contributed by atoms with Gasteiger partial charge in [-0.2, -0.15) is 18.3 Å². The van der Waals surface area contributed by atoms with Gasteiger partial charge < -0.3 is 19.9 Å². The molecular formula is C41H46F3N9O5. The number of anilines is 2. The number of piperidine rings is 2. The third kappa shape index (κ3) is 7.54. The Kier molecular flexibility index (Phi) is 10.5. The van der Waals surface area contributed by atoms with Gasteiger partial charge in [0.05, 0.1) is 41.1 Å². The number of rotatable bonds is 9. The largest absolute Gasteiger partial charge is 0.494 e. The minimum atomic E-state index is -4.67. The molecule has 3 amide bonds. The summed E-state index contributed by atoms with van der Waals surface area (Å²) in [6, 6.07) is 11.2. The lowest BCUT2D eigenvalue weighted by molar-refractivity contribution is -0.141. The molecule has 58 heavy (non-hydrogen) atoms. The number of methoxy groups -OCH3 is 1. The fourth-order valence-electron chi connectivity index (χ4n) is 9.05. The number of nitrogens with one attached hydrogen (secondary N) is 2. The molecule has 1 atom stereocenters. The highest BCUT2D eigenvalue weighted by molar-refractivity contribution is 6.06. The number of hydrogen-bond donors (Lipinski definition) is 2. The summed E-state index contributed by atoms with van der Waals surface area (Å²) in [5, 5.41) is 10.7. The van der Waals surface area contributed by atoms with Gasteiger partial charge in [0.15, 0.2) is 0 Å². The Bertz CT molecular complexity index is 2440. The van der Waals surface area contributed by atoms with Crippen LogP contribution in [0.4, 0.5) is 24.5 Å². The topological polar surface area (TPSA) is 149 Å². The van der Waals surface area contributed by atoms with Gasteiger partial charge in [-0.15, -0.1) is 0 Å². The smallest absolute Gasteiger partial charge is 0.433 e. The number of imide groups is 1. The molecule has 306 valence electrons. The first-order valence-corrected chi connectivity index (χ1v) is 19.7. The third-order valence-corrected chi connectivity index (χ3v) is 12.2. The van der Waals surface area contributed by atoms with Gasteiger partial charge in [-0.3, -0.25) is 38.5 Å². The number of carbonyl (C=O) groups is 3. The lowest BCUT2D eigenvalue weighted by Gasteiger charge is -2.40. The molecule has 14 nitrogen and oxygen atoms in total. The average Bonchev–Trinajstić information content (AvgIpc) is 3.74. The Morgan fingerprint density at radius 1 is 1.02 bits per heavy atom. The fraction of sp³-hybridized carbons (Fsp3) is 0.463. The summed E-state index contributed by atoms with van der Waals surface area (Å²) >= 11 is 0. The van der Waals surface area contributed by atoms with Crippen molar-refractivity contribution in [1.82, 2.24) is 34.1 Å². The molecule has 2 saturated heterocycles. The molecule has 2 N–H and O–H groups in total. The van der Waals surface area contributed by atoms with Gasteiger partial charge >= 0.3 is 11.9 Å². The van der Waals surface area contributed by atoms with E-state index in [1.54, 1.807) is 23.7 Å². The van der Waals surface area contributed by atoms with E-state index in [2.05, 4.69) is 32.5 Å². The van der Waals surface area contributed by atoms with E-state index in [1.165, 1.54) is 17.7 Å². The number of benzene rings is 2. The number of fused-ring (bicyclic) bond motifs is 2. The number of para-hydroxylation sites is 1. The number of nitrogens with zero attached hydrogens (tertiary/aromatic N) is 7. The molecule has 3 aliphatic rings. The summed E-state index contributed by atoms with van der Waals surface area (Å²) < 4.78 is 50.2. The van der Waals surface area contributed by atoms with Crippen molar-refractivity contribution in [3.8, 4) is 5.75 Å². The zero-order valence-electron chi connectivity index (χ0n) is 32.6. The van der Waals surface area contributed by atoms with Crippen molar-refractivity contribution >= 4 is 51.0 Å². The Balaban J connectivity index is 0.866. The van der Waals surface area contributed by atoms with Crippen LogP contribution in [-0.2, 0) is 22.8 Å². The second-order valence-corrected chi connectivity index (χ2v) is 15.8. The first kappa shape index (κ1) is 39.1. The summed E-state index contributed by atoms with van der Waals surface area (Å²) in [6.07, 6.45) is 4.74. The predicted molar refractivity (Wildman–Crippen MR) is 211 cm³/mol. The highest BCUT2D eigenvalue weighted by atomic mass is 19.4. The van der Waals surface area contributed by atoms with Crippen LogP contribution in [-0.4, -0.2) is 86.4 Å². The Hall–Kier alpha value is -5.71. The van der Waals surface area contributed by atoms with Crippen LogP contribution in [0, 0.1) is 5.92 Å². The Morgan fingerprint density at radius 2 is 1.78 bits per heavy atom. The van der Waals surface area contributed by atoms with Crippen molar-refractivity contribution in [2.45, 2.75) is 75.7 Å². The minimum absolute atomic E-state index is 0.170. The third-order valence-electron chi connectivity index (χ3n) is 12.2. The van der Waals surface area contributed by atoms with Crippen molar-refractivity contribution in [2.75, 3.05) is 44.0 Å². The monoisotopic (exact) mass is 801 g/mol. The maximum Gasteiger partial charge on any atom is 0.433 e. The summed E-state index contributed by atoms with van der Waals surface area (Å²) in [6.45, 7) is 2.67. The van der Waals surface area contributed by atoms with E-state index < -0.39 is 29.7 Å². The summed E-state index contributed by atoms with van der Waals surface area (Å²) in [4.78, 5) is 59.0. The van der Waals surface area contributed by atoms with Crippen LogP contribution in [0.1, 0.15) is 79.5 Å². The molecule has 5 aromatic rings. The number of pyridine rings is 1. The van der Waals surface area contributed by atoms with Crippen molar-refractivity contribution in [2.24, 2.45) is 13.0 Å². The molecule has 8 rings (SSSR count). The van der Waals surface area contributed by atoms with Crippen LogP contribution in [0.2, 0.25) is 0 Å². The number of halogens is 3. The van der Waals surface area contributed by atoms with Gasteiger partial charge in [-0.25, -0.2) is 4.79 Å². The van der Waals surface area contributed by atoms with Crippen LogP contribution in [0.15, 0.2) is 59.7 Å². The standard InChI is InChI=1S/C41H46F3N9O5/c1-49(27-14-17-51(18-15-27)31-5-4-6-32-37(31)50(2)40(57)53(32)33-11-12-36(54)47-39(33)56)22-24-7-9-28(10-8-24)52-23-26-19-30(34(58-3)21-29(26)48-52)46-38(55)25-13-16-45-35(20-25)41(42,43)44/h4-6,13,16,19-21,23-24,27-28,33H,7-12,14-15,17-18,22H2,1-3H3,(H,46,55)(H,47,54,56). The van der Waals surface area contributed by atoms with Crippen LogP contribution in [0.3, 0.4) is 0 Å². The van der Waals surface area contributed by atoms with Gasteiger partial charge in [0.1, 0.15) is 17.5 Å². The number of aromatic nitrogens is 5. The van der Waals surface area contributed by atoms with Gasteiger partial charge in [0.25, 0.3) is 5.91 Å². The number of aryl methyl sites for hydroxylation is 1. The number of carbonyl (C=O) groups excluding carboxylic acids is 3. The Morgan fingerprint density at radius 3 is 2.48 bits per heavy atom. The number of hydrogen-bond acceptors (Lipinski definition) is 9. The molecule has 0 radical (unpaired) electrons. The fourth-order valence-corrected chi connectivity index (χ4v) is 9.05. The summed E-state index contributed by atoms with van der Waals surface area (Å²) in [5.41, 5.74) is 1.90. The quantitative estimate of drug-likeness (QED) is 0.180. The highest BCUT2D eigenvalue weighted by Crippen LogP contribution is 2.37. The van der Waals surface area contributed by atoms with Crippen molar-refractivity contribution in [3.05, 3.63) is 76.6 Å². The number of alkyl halides is 3. The van der Waals surface area contributed by atoms with Gasteiger partial charge in [0.2, 0.25) is 11.8 Å². The maximum atomic E-state index is 13.4. The van der Waals surface area contributed by atoms with Gasteiger partial charge in [-0.05, 0) is 88.2 Å². The van der Waals surface area contributed by atoms with Crippen LogP contribution in [0.5, 0.6) is 5.75 Å². The number of amides is 3. The number of ether oxygens (including phenoxy) is 1. The molecule has 1 saturated carbocycles. The normalized spacial score (nSPS) is 20.9. The molecule has 1 unspecified atom stereocenters. The second kappa shape index (κ2) is 15.6. The summed E-state index contributed by atoms with van der Waals surface area (Å²) in [5.74, 6) is -0.570. The molecular weight excluding hydrogens is 756 g/mol. The first-order chi connectivity index (χ1) is 27.8. The molecule has 0 spiro atoms. The van der Waals surface area contributed by atoms with E-state index in [1.807, 2.05) is 29.1 Å². The molecule has 3 fully saturated rings. The predicted octanol–water partition coefficient (Wildman–Crippen LogP) is 5.67. The minimum Gasteiger partial charge on any atom is -0.494 e. The molecule has 1 aliphatic carbocycles. The lowest BCUT2D eigenvalue weighted by atomic mass is 9.85. The lowest BCUT2D eigenvalue weighted by Crippen LogP contribution is -2.45. The Labute approximate surface area is 331 Å². The van der Waals surface area contributed by atoms with Crippen molar-refractivity contribution in [1.29, 1.82) is 0 Å². The summed E-state index contributed by atoms with van der Waals surface area (Å²) in [7, 11) is 5.41. The van der Waals surface area contributed by atoms with Crippen molar-refractivity contribution in [3.63, 3.8) is 0 Å². The van der Waals surface area contributed by atoms with Gasteiger partial charge in [0, 0.05) is 68.6 Å². The highest BCUT2D eigenvalue weighted by Gasteiger charge is 2.35. The first-order valence-electron chi connectivity index (χ1n) is 19.7. The van der Waals surface area contributed by atoms with E-state index in [9.17, 15) is 32.3 Å². The van der Waals surface area contributed by atoms with Crippen molar-refractivity contribution < 1.29 is 32.3 Å². The molecule has 3 aromatic heterocycles. The molecule has 5 heterocycles. The zero-order valence-corrected chi connectivity index (χ0v) is 32.6. The maximum absolute atomic E-state index is 13.4. The molecule has 2 aromatic carbocycles. The second-order valence-electron chi connectivity index (χ2n) is 15.8. The average molecular weight is 802 g/mol. The zero-order chi connectivity index (χ0) is 40.9. The van der Waals surface area contributed by atoms with Crippen LogP contribution < -0.4 is 26.0 Å². The van der Waals surface area contributed by atoms with E-state index >= 15 is 0 Å².